The van der Waals surface area contributed by atoms with Crippen LogP contribution in [0.4, 0.5) is 0 Å². The highest BCUT2D eigenvalue weighted by atomic mass is 79.9. The van der Waals surface area contributed by atoms with Crippen LogP contribution in [-0.2, 0) is 10.8 Å². The summed E-state index contributed by atoms with van der Waals surface area (Å²) < 4.78 is 2.19. The lowest BCUT2D eigenvalue weighted by Gasteiger charge is -2.36. The summed E-state index contributed by atoms with van der Waals surface area (Å²) in [6, 6.07) is 38.8. The van der Waals surface area contributed by atoms with E-state index in [0.717, 1.165) is 8.95 Å². The maximum Gasteiger partial charge on any atom is 0.0725 e. The minimum atomic E-state index is -0.432. The third kappa shape index (κ3) is 3.19. The minimum Gasteiger partial charge on any atom is -0.0619 e. The van der Waals surface area contributed by atoms with E-state index in [1.54, 1.807) is 0 Å². The van der Waals surface area contributed by atoms with E-state index in [1.165, 1.54) is 61.2 Å². The molecule has 0 radical (unpaired) electrons. The molecule has 1 spiro atoms. The van der Waals surface area contributed by atoms with Crippen LogP contribution < -0.4 is 0 Å². The van der Waals surface area contributed by atoms with E-state index in [9.17, 15) is 0 Å². The Morgan fingerprint density at radius 3 is 1.51 bits per heavy atom. The van der Waals surface area contributed by atoms with Gasteiger partial charge in [-0.1, -0.05) is 131 Å². The summed E-state index contributed by atoms with van der Waals surface area (Å²) in [5.41, 5.74) is 14.1. The van der Waals surface area contributed by atoms with Crippen molar-refractivity contribution in [1.82, 2.24) is 0 Å². The number of halogens is 2. The largest absolute Gasteiger partial charge is 0.0725 e. The van der Waals surface area contributed by atoms with Crippen LogP contribution in [0.25, 0.3) is 33.4 Å². The molecule has 180 valence electrons. The van der Waals surface area contributed by atoms with E-state index >= 15 is 0 Å². The molecule has 0 aliphatic heterocycles. The molecule has 0 saturated heterocycles. The van der Waals surface area contributed by atoms with E-state index in [2.05, 4.69) is 156 Å². The number of fused-ring (bicyclic) bond motifs is 12. The molecule has 2 heteroatoms. The first-order valence-electron chi connectivity index (χ1n) is 12.7. The molecule has 0 fully saturated rings. The van der Waals surface area contributed by atoms with Crippen LogP contribution >= 0.6 is 31.9 Å². The third-order valence-corrected chi connectivity index (χ3v) is 9.18. The summed E-state index contributed by atoms with van der Waals surface area (Å²) in [7, 11) is 0. The smallest absolute Gasteiger partial charge is 0.0619 e. The highest BCUT2D eigenvalue weighted by Crippen LogP contribution is 2.62. The highest BCUT2D eigenvalue weighted by Gasteiger charge is 2.50. The Bertz CT molecular complexity index is 1660. The van der Waals surface area contributed by atoms with Gasteiger partial charge in [-0.05, 0) is 90.9 Å². The van der Waals surface area contributed by atoms with Crippen LogP contribution in [0.5, 0.6) is 0 Å². The maximum atomic E-state index is 3.81. The van der Waals surface area contributed by atoms with Crippen LogP contribution in [0.15, 0.2) is 112 Å². The van der Waals surface area contributed by atoms with Crippen molar-refractivity contribution < 1.29 is 0 Å². The molecule has 0 N–H and O–H groups in total. The van der Waals surface area contributed by atoms with Crippen molar-refractivity contribution in [2.24, 2.45) is 0 Å². The summed E-state index contributed by atoms with van der Waals surface area (Å²) in [6.07, 6.45) is 0. The van der Waals surface area contributed by atoms with Gasteiger partial charge in [0.25, 0.3) is 0 Å². The molecule has 37 heavy (non-hydrogen) atoms. The van der Waals surface area contributed by atoms with E-state index in [1.807, 2.05) is 0 Å². The van der Waals surface area contributed by atoms with Gasteiger partial charge in [0, 0.05) is 8.95 Å². The van der Waals surface area contributed by atoms with E-state index in [4.69, 9.17) is 0 Å². The Morgan fingerprint density at radius 2 is 0.946 bits per heavy atom. The standard InChI is InChI=1S/C35H26Br2/c1-34(2,3)21-12-15-27-26-10-6-7-11-30(26)35(33(27)18-21)31-16-13-22(36)19-28(31)24-8-4-5-9-25(24)29-20-23(37)14-17-32(29)35/h4-20H,1-3H3. The van der Waals surface area contributed by atoms with Crippen molar-refractivity contribution in [3.63, 3.8) is 0 Å². The Labute approximate surface area is 235 Å². The van der Waals surface area contributed by atoms with Crippen LogP contribution in [-0.4, -0.2) is 0 Å². The van der Waals surface area contributed by atoms with Gasteiger partial charge in [-0.25, -0.2) is 0 Å². The van der Waals surface area contributed by atoms with Crippen molar-refractivity contribution in [2.75, 3.05) is 0 Å². The molecule has 0 amide bonds. The topological polar surface area (TPSA) is 0 Å². The summed E-state index contributed by atoms with van der Waals surface area (Å²) in [4.78, 5) is 0. The molecule has 2 aliphatic carbocycles. The van der Waals surface area contributed by atoms with Gasteiger partial charge in [0.05, 0.1) is 5.41 Å². The molecule has 0 saturated carbocycles. The second-order valence-corrected chi connectivity index (χ2v) is 13.1. The van der Waals surface area contributed by atoms with E-state index in [-0.39, 0.29) is 5.41 Å². The molecule has 0 bridgehead atoms. The van der Waals surface area contributed by atoms with Crippen LogP contribution in [0, 0.1) is 0 Å². The zero-order valence-electron chi connectivity index (χ0n) is 21.1. The molecule has 7 rings (SSSR count). The molecule has 0 unspecified atom stereocenters. The first-order valence-corrected chi connectivity index (χ1v) is 14.3. The van der Waals surface area contributed by atoms with Gasteiger partial charge in [-0.2, -0.15) is 0 Å². The quantitative estimate of drug-likeness (QED) is 0.161. The lowest BCUT2D eigenvalue weighted by Crippen LogP contribution is -2.30. The zero-order valence-corrected chi connectivity index (χ0v) is 24.2. The van der Waals surface area contributed by atoms with Gasteiger partial charge in [0.1, 0.15) is 0 Å². The molecule has 5 aromatic carbocycles. The molecule has 2 aliphatic rings. The first-order chi connectivity index (χ1) is 17.8. The van der Waals surface area contributed by atoms with Gasteiger partial charge in [-0.15, -0.1) is 0 Å². The fourth-order valence-corrected chi connectivity index (χ4v) is 7.28. The number of benzene rings is 5. The molecule has 0 atom stereocenters. The minimum absolute atomic E-state index is 0.0454. The Hall–Kier alpha value is -2.94. The first kappa shape index (κ1) is 23.2. The average Bonchev–Trinajstić information content (AvgIpc) is 3.13. The average molecular weight is 606 g/mol. The van der Waals surface area contributed by atoms with Crippen molar-refractivity contribution in [2.45, 2.75) is 31.6 Å². The fraction of sp³-hybridized carbons (Fsp3) is 0.143. The molecule has 0 aromatic heterocycles. The van der Waals surface area contributed by atoms with E-state index in [0.29, 0.717) is 0 Å². The molecular formula is C35H26Br2. The van der Waals surface area contributed by atoms with Crippen molar-refractivity contribution >= 4 is 31.9 Å². The van der Waals surface area contributed by atoms with E-state index < -0.39 is 5.41 Å². The highest BCUT2D eigenvalue weighted by molar-refractivity contribution is 9.10. The second kappa shape index (κ2) is 8.03. The fourth-order valence-electron chi connectivity index (χ4n) is 6.56. The molecule has 0 heterocycles. The summed E-state index contributed by atoms with van der Waals surface area (Å²) in [5.74, 6) is 0. The van der Waals surface area contributed by atoms with Crippen LogP contribution in [0.2, 0.25) is 0 Å². The normalized spacial score (nSPS) is 14.3. The number of hydrogen-bond donors (Lipinski definition) is 0. The van der Waals surface area contributed by atoms with Gasteiger partial charge < -0.3 is 0 Å². The summed E-state index contributed by atoms with van der Waals surface area (Å²) >= 11 is 7.61. The lowest BCUT2D eigenvalue weighted by atomic mass is 9.65. The number of rotatable bonds is 0. The van der Waals surface area contributed by atoms with Crippen molar-refractivity contribution in [3.8, 4) is 33.4 Å². The molecule has 0 nitrogen and oxygen atoms in total. The SMILES string of the molecule is CC(C)(C)c1ccc2c(c1)C1(c3ccc(Br)cc3-c3ccccc3-c3cc(Br)ccc31)c1ccccc1-2. The van der Waals surface area contributed by atoms with Gasteiger partial charge in [-0.3, -0.25) is 0 Å². The van der Waals surface area contributed by atoms with Gasteiger partial charge in [0.2, 0.25) is 0 Å². The third-order valence-electron chi connectivity index (χ3n) is 8.19. The Morgan fingerprint density at radius 1 is 0.459 bits per heavy atom. The predicted molar refractivity (Wildman–Crippen MR) is 162 cm³/mol. The maximum absolute atomic E-state index is 3.81. The lowest BCUT2D eigenvalue weighted by molar-refractivity contribution is 0.588. The molecule has 5 aromatic rings. The Balaban J connectivity index is 1.75. The van der Waals surface area contributed by atoms with Gasteiger partial charge >= 0.3 is 0 Å². The summed E-state index contributed by atoms with van der Waals surface area (Å²) in [6.45, 7) is 6.92. The zero-order chi connectivity index (χ0) is 25.5. The van der Waals surface area contributed by atoms with Crippen molar-refractivity contribution in [1.29, 1.82) is 0 Å². The Kier molecular flexibility index (Phi) is 5.03. The van der Waals surface area contributed by atoms with Crippen LogP contribution in [0.1, 0.15) is 48.6 Å². The predicted octanol–water partition coefficient (Wildman–Crippen LogP) is 10.5. The van der Waals surface area contributed by atoms with Gasteiger partial charge in [0.15, 0.2) is 0 Å². The second-order valence-electron chi connectivity index (χ2n) is 11.2. The van der Waals surface area contributed by atoms with Crippen LogP contribution in [0.3, 0.4) is 0 Å². The summed E-state index contributed by atoms with van der Waals surface area (Å²) in [5, 5.41) is 0. The van der Waals surface area contributed by atoms with Crippen molar-refractivity contribution in [3.05, 3.63) is 140 Å². The number of hydrogen-bond acceptors (Lipinski definition) is 0. The molecular weight excluding hydrogens is 580 g/mol. The monoisotopic (exact) mass is 604 g/mol.